The first-order chi connectivity index (χ1) is 10.6. The van der Waals surface area contributed by atoms with Crippen LogP contribution in [0, 0.1) is 12.7 Å². The van der Waals surface area contributed by atoms with E-state index in [-0.39, 0.29) is 11.8 Å². The van der Waals surface area contributed by atoms with E-state index in [0.29, 0.717) is 13.1 Å². The molecule has 4 heteroatoms. The largest absolute Gasteiger partial charge is 0.338 e. The zero-order valence-corrected chi connectivity index (χ0v) is 12.7. The van der Waals surface area contributed by atoms with Crippen molar-refractivity contribution >= 4 is 6.03 Å². The highest BCUT2D eigenvalue weighted by molar-refractivity contribution is 5.73. The van der Waals surface area contributed by atoms with Crippen molar-refractivity contribution in [2.24, 2.45) is 0 Å². The van der Waals surface area contributed by atoms with Gasteiger partial charge in [-0.1, -0.05) is 42.0 Å². The van der Waals surface area contributed by atoms with Gasteiger partial charge in [0.25, 0.3) is 0 Å². The molecule has 2 aromatic carbocycles. The lowest BCUT2D eigenvalue weighted by Gasteiger charge is -2.08. The molecule has 0 aliphatic heterocycles. The molecule has 0 heterocycles. The summed E-state index contributed by atoms with van der Waals surface area (Å²) in [4.78, 5) is 11.7. The number of halogens is 1. The van der Waals surface area contributed by atoms with Crippen LogP contribution >= 0.6 is 0 Å². The van der Waals surface area contributed by atoms with Crippen LogP contribution in [0.25, 0.3) is 0 Å². The summed E-state index contributed by atoms with van der Waals surface area (Å²) in [7, 11) is 0. The third-order valence-electron chi connectivity index (χ3n) is 3.35. The Morgan fingerprint density at radius 2 is 1.82 bits per heavy atom. The number of aryl methyl sites for hydroxylation is 2. The number of amides is 2. The van der Waals surface area contributed by atoms with Gasteiger partial charge in [-0.3, -0.25) is 0 Å². The van der Waals surface area contributed by atoms with Gasteiger partial charge in [0.05, 0.1) is 0 Å². The van der Waals surface area contributed by atoms with E-state index in [2.05, 4.69) is 10.6 Å². The molecule has 2 N–H and O–H groups in total. The van der Waals surface area contributed by atoms with E-state index >= 15 is 0 Å². The van der Waals surface area contributed by atoms with E-state index in [1.54, 1.807) is 6.07 Å². The van der Waals surface area contributed by atoms with Crippen LogP contribution in [0.2, 0.25) is 0 Å². The zero-order chi connectivity index (χ0) is 15.8. The maximum atomic E-state index is 13.0. The lowest BCUT2D eigenvalue weighted by atomic mass is 10.1. The monoisotopic (exact) mass is 300 g/mol. The highest BCUT2D eigenvalue weighted by Gasteiger charge is 2.01. The summed E-state index contributed by atoms with van der Waals surface area (Å²) in [5.41, 5.74) is 3.20. The van der Waals surface area contributed by atoms with Gasteiger partial charge in [0.1, 0.15) is 5.82 Å². The van der Waals surface area contributed by atoms with Crippen molar-refractivity contribution < 1.29 is 9.18 Å². The first-order valence-electron chi connectivity index (χ1n) is 7.45. The van der Waals surface area contributed by atoms with E-state index in [1.165, 1.54) is 17.7 Å². The Balaban J connectivity index is 1.63. The molecule has 2 aromatic rings. The third kappa shape index (κ3) is 5.56. The van der Waals surface area contributed by atoms with Gasteiger partial charge < -0.3 is 10.6 Å². The second-order valence-electron chi connectivity index (χ2n) is 5.33. The second kappa shape index (κ2) is 8.17. The van der Waals surface area contributed by atoms with Gasteiger partial charge in [-0.2, -0.15) is 0 Å². The molecule has 2 rings (SSSR count). The van der Waals surface area contributed by atoms with Crippen LogP contribution < -0.4 is 10.6 Å². The summed E-state index contributed by atoms with van der Waals surface area (Å²) in [5, 5.41) is 5.63. The number of carbonyl (C=O) groups excluding carboxylic acids is 1. The molecule has 2 amide bonds. The van der Waals surface area contributed by atoms with E-state index in [1.807, 2.05) is 37.3 Å². The summed E-state index contributed by atoms with van der Waals surface area (Å²) in [6.45, 7) is 3.10. The van der Waals surface area contributed by atoms with Gasteiger partial charge in [-0.05, 0) is 43.0 Å². The van der Waals surface area contributed by atoms with Crippen LogP contribution in [0.1, 0.15) is 23.1 Å². The van der Waals surface area contributed by atoms with Crippen LogP contribution in [0.5, 0.6) is 0 Å². The van der Waals surface area contributed by atoms with Crippen molar-refractivity contribution in [2.45, 2.75) is 26.3 Å². The second-order valence-corrected chi connectivity index (χ2v) is 5.33. The Kier molecular flexibility index (Phi) is 5.95. The topological polar surface area (TPSA) is 41.1 Å². The Bertz CT molecular complexity index is 628. The fraction of sp³-hybridized carbons (Fsp3) is 0.278. The average Bonchev–Trinajstić information content (AvgIpc) is 2.50. The van der Waals surface area contributed by atoms with Crippen molar-refractivity contribution in [1.29, 1.82) is 0 Å². The lowest BCUT2D eigenvalue weighted by Crippen LogP contribution is -2.35. The number of carbonyl (C=O) groups is 1. The standard InChI is InChI=1S/C18H21FN2O/c1-14-5-2-7-16(11-14)13-21-18(22)20-10-4-8-15-6-3-9-17(19)12-15/h2-3,5-7,9,11-12H,4,8,10,13H2,1H3,(H2,20,21,22). The molecule has 0 aromatic heterocycles. The number of hydrogen-bond acceptors (Lipinski definition) is 1. The molecular formula is C18H21FN2O. The first-order valence-corrected chi connectivity index (χ1v) is 7.45. The summed E-state index contributed by atoms with van der Waals surface area (Å²) >= 11 is 0. The van der Waals surface area contributed by atoms with Crippen molar-refractivity contribution in [3.8, 4) is 0 Å². The van der Waals surface area contributed by atoms with Crippen LogP contribution in [-0.2, 0) is 13.0 Å². The molecule has 0 atom stereocenters. The third-order valence-corrected chi connectivity index (χ3v) is 3.35. The minimum absolute atomic E-state index is 0.180. The molecule has 116 valence electrons. The van der Waals surface area contributed by atoms with Gasteiger partial charge in [0, 0.05) is 13.1 Å². The molecule has 0 saturated carbocycles. The van der Waals surface area contributed by atoms with Gasteiger partial charge in [-0.25, -0.2) is 9.18 Å². The number of nitrogens with one attached hydrogen (secondary N) is 2. The normalized spacial score (nSPS) is 10.3. The highest BCUT2D eigenvalue weighted by Crippen LogP contribution is 2.05. The molecule has 0 radical (unpaired) electrons. The molecule has 3 nitrogen and oxygen atoms in total. The average molecular weight is 300 g/mol. The van der Waals surface area contributed by atoms with Crippen molar-refractivity contribution in [2.75, 3.05) is 6.54 Å². The fourth-order valence-electron chi connectivity index (χ4n) is 2.25. The summed E-state index contributed by atoms with van der Waals surface area (Å²) in [6, 6.07) is 14.4. The maximum Gasteiger partial charge on any atom is 0.315 e. The lowest BCUT2D eigenvalue weighted by molar-refractivity contribution is 0.240. The number of benzene rings is 2. The predicted octanol–water partition coefficient (Wildman–Crippen LogP) is 3.57. The molecule has 0 fully saturated rings. The molecule has 0 saturated heterocycles. The van der Waals surface area contributed by atoms with Gasteiger partial charge in [-0.15, -0.1) is 0 Å². The van der Waals surface area contributed by atoms with E-state index in [0.717, 1.165) is 24.0 Å². The van der Waals surface area contributed by atoms with Crippen molar-refractivity contribution in [3.63, 3.8) is 0 Å². The predicted molar refractivity (Wildman–Crippen MR) is 86.1 cm³/mol. The minimum atomic E-state index is -0.221. The molecule has 0 bridgehead atoms. The van der Waals surface area contributed by atoms with Gasteiger partial charge in [0.15, 0.2) is 0 Å². The SMILES string of the molecule is Cc1cccc(CNC(=O)NCCCc2cccc(F)c2)c1. The van der Waals surface area contributed by atoms with E-state index < -0.39 is 0 Å². The van der Waals surface area contributed by atoms with E-state index in [4.69, 9.17) is 0 Å². The van der Waals surface area contributed by atoms with Crippen molar-refractivity contribution in [1.82, 2.24) is 10.6 Å². The Hall–Kier alpha value is -2.36. The first kappa shape index (κ1) is 16.0. The number of hydrogen-bond donors (Lipinski definition) is 2. The molecular weight excluding hydrogens is 279 g/mol. The number of rotatable bonds is 6. The van der Waals surface area contributed by atoms with Crippen LogP contribution in [0.15, 0.2) is 48.5 Å². The van der Waals surface area contributed by atoms with Gasteiger partial charge >= 0.3 is 6.03 Å². The van der Waals surface area contributed by atoms with E-state index in [9.17, 15) is 9.18 Å². The maximum absolute atomic E-state index is 13.0. The summed E-state index contributed by atoms with van der Waals surface area (Å²) in [6.07, 6.45) is 1.53. The number of urea groups is 1. The van der Waals surface area contributed by atoms with Crippen LogP contribution in [0.4, 0.5) is 9.18 Å². The summed E-state index contributed by atoms with van der Waals surface area (Å²) in [5.74, 6) is -0.221. The van der Waals surface area contributed by atoms with Crippen LogP contribution in [-0.4, -0.2) is 12.6 Å². The molecule has 0 aliphatic carbocycles. The minimum Gasteiger partial charge on any atom is -0.338 e. The van der Waals surface area contributed by atoms with Crippen LogP contribution in [0.3, 0.4) is 0 Å². The Morgan fingerprint density at radius 3 is 2.59 bits per heavy atom. The van der Waals surface area contributed by atoms with Crippen molar-refractivity contribution in [3.05, 3.63) is 71.0 Å². The smallest absolute Gasteiger partial charge is 0.315 e. The summed E-state index contributed by atoms with van der Waals surface area (Å²) < 4.78 is 13.0. The van der Waals surface area contributed by atoms with Gasteiger partial charge in [0.2, 0.25) is 0 Å². The zero-order valence-electron chi connectivity index (χ0n) is 12.7. The molecule has 0 aliphatic rings. The molecule has 0 spiro atoms. The fourth-order valence-corrected chi connectivity index (χ4v) is 2.25. The quantitative estimate of drug-likeness (QED) is 0.787. The Morgan fingerprint density at radius 1 is 1.05 bits per heavy atom. The Labute approximate surface area is 130 Å². The molecule has 0 unspecified atom stereocenters. The highest BCUT2D eigenvalue weighted by atomic mass is 19.1. The molecule has 22 heavy (non-hydrogen) atoms.